The van der Waals surface area contributed by atoms with Gasteiger partial charge in [0, 0.05) is 59.2 Å². The number of nitrogens with zero attached hydrogens (tertiary/aromatic N) is 8. The number of hydrogen-bond donors (Lipinski definition) is 3. The minimum absolute atomic E-state index is 0.00800. The number of imidazole rings is 1. The van der Waals surface area contributed by atoms with Gasteiger partial charge in [0.2, 0.25) is 11.8 Å². The topological polar surface area (TPSA) is 205 Å². The van der Waals surface area contributed by atoms with Gasteiger partial charge in [-0.1, -0.05) is 24.3 Å². The quantitative estimate of drug-likeness (QED) is 0.0737. The number of halogens is 9. The lowest BCUT2D eigenvalue weighted by Crippen LogP contribution is -2.47. The molecule has 4 amide bonds. The number of para-hydroxylation sites is 1. The van der Waals surface area contributed by atoms with Gasteiger partial charge in [-0.05, 0) is 103 Å². The van der Waals surface area contributed by atoms with Gasteiger partial charge in [0.05, 0.1) is 46.4 Å². The van der Waals surface area contributed by atoms with Gasteiger partial charge in [-0.2, -0.15) is 13.9 Å². The number of nitrogens with two attached hydrogens (primary N) is 1. The molecule has 5 heterocycles. The Kier molecular flexibility index (Phi) is 14.3. The van der Waals surface area contributed by atoms with Gasteiger partial charge in [0.25, 0.3) is 18.3 Å². The summed E-state index contributed by atoms with van der Waals surface area (Å²) in [6.45, 7) is -1.25. The zero-order chi connectivity index (χ0) is 57.0. The Morgan fingerprint density at radius 1 is 0.778 bits per heavy atom. The fourth-order valence-corrected chi connectivity index (χ4v) is 11.1. The zero-order valence-electron chi connectivity index (χ0n) is 42.1. The predicted octanol–water partition coefficient (Wildman–Crippen LogP) is 9.45. The number of amides is 4. The molecule has 25 heteroatoms. The number of benzene rings is 4. The van der Waals surface area contributed by atoms with Crippen LogP contribution in [0.2, 0.25) is 0 Å². The maximum atomic E-state index is 15.5. The molecule has 4 aromatic carbocycles. The van der Waals surface area contributed by atoms with Crippen molar-refractivity contribution in [1.29, 1.82) is 0 Å². The highest BCUT2D eigenvalue weighted by molar-refractivity contribution is 5.95. The molecule has 16 nitrogen and oxygen atoms in total. The fourth-order valence-electron chi connectivity index (χ4n) is 11.1. The summed E-state index contributed by atoms with van der Waals surface area (Å²) < 4.78 is 140. The first kappa shape index (κ1) is 53.8. The number of aromatic nitrogens is 7. The number of carbonyl (C=O) groups is 4. The minimum Gasteiger partial charge on any atom is -0.428 e. The second kappa shape index (κ2) is 21.5. The molecule has 4 N–H and O–H groups in total. The van der Waals surface area contributed by atoms with Crippen LogP contribution in [-0.4, -0.2) is 75.6 Å². The van der Waals surface area contributed by atoms with Gasteiger partial charge >= 0.3 is 6.09 Å². The Morgan fingerprint density at radius 2 is 1.46 bits per heavy atom. The van der Waals surface area contributed by atoms with Gasteiger partial charge < -0.3 is 21.1 Å². The van der Waals surface area contributed by atoms with E-state index in [0.717, 1.165) is 36.7 Å². The molecule has 1 aliphatic heterocycles. The van der Waals surface area contributed by atoms with E-state index in [2.05, 4.69) is 35.7 Å². The number of hydrogen-bond acceptors (Lipinski definition) is 10. The Hall–Kier alpha value is -9.16. The molecule has 1 saturated carbocycles. The number of alkyl halides is 4. The molecular weight excluding hydrogens is 1080 g/mol. The zero-order valence-corrected chi connectivity index (χ0v) is 42.1. The molecule has 416 valence electrons. The second-order valence-electron chi connectivity index (χ2n) is 19.9. The lowest BCUT2D eigenvalue weighted by Gasteiger charge is -2.27. The van der Waals surface area contributed by atoms with Crippen LogP contribution in [0.1, 0.15) is 93.5 Å². The van der Waals surface area contributed by atoms with Gasteiger partial charge in [-0.3, -0.25) is 33.5 Å². The van der Waals surface area contributed by atoms with Crippen molar-refractivity contribution in [2.75, 3.05) is 6.54 Å². The van der Waals surface area contributed by atoms with Crippen LogP contribution in [-0.2, 0) is 46.4 Å². The van der Waals surface area contributed by atoms with E-state index in [0.29, 0.717) is 51.0 Å². The van der Waals surface area contributed by atoms with Crippen molar-refractivity contribution < 1.29 is 63.4 Å². The standard InChI is InChI=1S/C56H44F9N11O5/c57-30-12-27(13-31(58)19-30)16-41(71-45(77)23-76-51-46(50(73-76)52(62)63)36-21-39(36)56(51,64)65)48-38(22-67-24-69-48)35-4-1-6-43-49(35)70-25-74(43)26-81-55(80)75-11-3-7-44(75)54(79)72-42(17-28-14-32(59)20-33(60)15-28)47-34(5-2-10-68-47)29-8-9-40(61)37(18-29)53(66)78/h1-2,4-6,8-10,12-15,18-20,22,24-25,36,39,41-42,44,52H,3,7,11,16-17,21,23,26H2,(H2,66,78)(H,71,77)(H,72,79). The average Bonchev–Trinajstić information content (AvgIpc) is 3.90. The lowest BCUT2D eigenvalue weighted by atomic mass is 9.94. The van der Waals surface area contributed by atoms with E-state index in [4.69, 9.17) is 10.5 Å². The maximum absolute atomic E-state index is 15.5. The molecule has 2 fully saturated rings. The third-order valence-electron chi connectivity index (χ3n) is 14.7. The van der Waals surface area contributed by atoms with Crippen LogP contribution in [0.25, 0.3) is 33.3 Å². The molecule has 0 spiro atoms. The van der Waals surface area contributed by atoms with Crippen molar-refractivity contribution in [3.63, 3.8) is 0 Å². The van der Waals surface area contributed by atoms with E-state index in [1.54, 1.807) is 30.3 Å². The highest BCUT2D eigenvalue weighted by Crippen LogP contribution is 2.68. The number of rotatable bonds is 17. The molecular formula is C56H44F9N11O5. The normalized spacial score (nSPS) is 17.7. The van der Waals surface area contributed by atoms with Crippen molar-refractivity contribution in [3.05, 3.63) is 184 Å². The summed E-state index contributed by atoms with van der Waals surface area (Å²) in [5.41, 5.74) is 5.54. The summed E-state index contributed by atoms with van der Waals surface area (Å²) in [7, 11) is 0. The van der Waals surface area contributed by atoms with E-state index in [-0.39, 0.29) is 65.9 Å². The SMILES string of the molecule is NC(=O)c1cc(-c2cccnc2C(Cc2cc(F)cc(F)c2)NC(=O)C2CCCN2C(=O)OCn2cnc3c(-c4cncnc4C(Cc4cc(F)cc(F)c4)NC(=O)Cn4nc(C(F)F)c5c4C(F)(F)C4CC54)cccc32)ccc1F. The van der Waals surface area contributed by atoms with E-state index >= 15 is 8.78 Å². The molecule has 0 bridgehead atoms. The monoisotopic (exact) mass is 1120 g/mol. The number of likely N-dealkylation sites (tertiary alicyclic amines) is 1. The fraction of sp³-hybridized carbons (Fsp3) is 0.268. The molecule has 1 saturated heterocycles. The van der Waals surface area contributed by atoms with Gasteiger partial charge in [-0.15, -0.1) is 0 Å². The summed E-state index contributed by atoms with van der Waals surface area (Å²) >= 11 is 0. The van der Waals surface area contributed by atoms with E-state index in [9.17, 15) is 49.9 Å². The van der Waals surface area contributed by atoms with Crippen LogP contribution < -0.4 is 16.4 Å². The predicted molar refractivity (Wildman–Crippen MR) is 269 cm³/mol. The lowest BCUT2D eigenvalue weighted by molar-refractivity contribution is -0.126. The Balaban J connectivity index is 0.835. The molecule has 0 radical (unpaired) electrons. The summed E-state index contributed by atoms with van der Waals surface area (Å²) in [6.07, 6.45) is 1.29. The molecule has 5 atom stereocenters. The third kappa shape index (κ3) is 10.6. The van der Waals surface area contributed by atoms with Crippen molar-refractivity contribution in [1.82, 2.24) is 49.8 Å². The maximum Gasteiger partial charge on any atom is 0.412 e. The first-order valence-electron chi connectivity index (χ1n) is 25.3. The second-order valence-corrected chi connectivity index (χ2v) is 19.9. The van der Waals surface area contributed by atoms with Crippen LogP contribution in [0.4, 0.5) is 44.3 Å². The van der Waals surface area contributed by atoms with Crippen LogP contribution in [0.15, 0.2) is 110 Å². The van der Waals surface area contributed by atoms with Crippen molar-refractivity contribution >= 4 is 34.8 Å². The van der Waals surface area contributed by atoms with Crippen LogP contribution in [0.3, 0.4) is 0 Å². The minimum atomic E-state index is -3.52. The molecule has 3 aliphatic rings. The van der Waals surface area contributed by atoms with Crippen molar-refractivity contribution in [2.45, 2.75) is 81.8 Å². The molecule has 81 heavy (non-hydrogen) atoms. The van der Waals surface area contributed by atoms with Crippen molar-refractivity contribution in [3.8, 4) is 22.3 Å². The van der Waals surface area contributed by atoms with Gasteiger partial charge in [0.15, 0.2) is 6.73 Å². The number of primary amides is 1. The van der Waals surface area contributed by atoms with Crippen molar-refractivity contribution in [2.24, 2.45) is 11.7 Å². The average molecular weight is 1120 g/mol. The Labute approximate surface area is 453 Å². The Morgan fingerprint density at radius 3 is 2.15 bits per heavy atom. The van der Waals surface area contributed by atoms with Gasteiger partial charge in [-0.25, -0.2) is 50.5 Å². The number of carbonyl (C=O) groups excluding carboxylic acids is 4. The first-order valence-corrected chi connectivity index (χ1v) is 25.3. The first-order chi connectivity index (χ1) is 38.8. The molecule has 4 aromatic heterocycles. The number of fused-ring (bicyclic) bond motifs is 4. The van der Waals surface area contributed by atoms with Crippen LogP contribution in [0.5, 0.6) is 0 Å². The van der Waals surface area contributed by atoms with Crippen LogP contribution in [0, 0.1) is 35.0 Å². The van der Waals surface area contributed by atoms with Gasteiger partial charge in [0.1, 0.15) is 59.4 Å². The highest BCUT2D eigenvalue weighted by atomic mass is 19.3. The molecule has 11 rings (SSSR count). The molecule has 5 unspecified atom stereocenters. The van der Waals surface area contributed by atoms with Crippen LogP contribution >= 0.6 is 0 Å². The summed E-state index contributed by atoms with van der Waals surface area (Å²) in [6, 6.07) is 13.8. The number of pyridine rings is 1. The number of ether oxygens (including phenoxy) is 1. The smallest absolute Gasteiger partial charge is 0.412 e. The molecule has 2 aliphatic carbocycles. The summed E-state index contributed by atoms with van der Waals surface area (Å²) in [5.74, 6) is -12.7. The van der Waals surface area contributed by atoms with E-state index < -0.39 is 125 Å². The largest absolute Gasteiger partial charge is 0.428 e. The third-order valence-corrected chi connectivity index (χ3v) is 14.7. The highest BCUT2D eigenvalue weighted by Gasteiger charge is 2.67. The summed E-state index contributed by atoms with van der Waals surface area (Å²) in [5, 5.41) is 9.33. The molecule has 8 aromatic rings. The Bertz CT molecular complexity index is 3780. The van der Waals surface area contributed by atoms with E-state index in [1.165, 1.54) is 40.3 Å². The number of nitrogens with one attached hydrogen (secondary N) is 2. The van der Waals surface area contributed by atoms with E-state index in [1.807, 2.05) is 0 Å². The summed E-state index contributed by atoms with van der Waals surface area (Å²) in [4.78, 5) is 73.2.